The van der Waals surface area contributed by atoms with E-state index in [0.29, 0.717) is 0 Å². The topological polar surface area (TPSA) is 26.0 Å². The lowest BCUT2D eigenvalue weighted by molar-refractivity contribution is 0.364. The lowest BCUT2D eigenvalue weighted by atomic mass is 9.59. The molecule has 4 aromatic rings. The summed E-state index contributed by atoms with van der Waals surface area (Å²) in [6.07, 6.45) is 8.27. The molecule has 2 atom stereocenters. The van der Waals surface area contributed by atoms with Crippen LogP contribution in [0.1, 0.15) is 34.7 Å². The summed E-state index contributed by atoms with van der Waals surface area (Å²) in [5, 5.41) is 0. The molecular formula is C33H29N. The number of hydrogen-bond donors (Lipinski definition) is 1. The Kier molecular flexibility index (Phi) is 4.81. The minimum absolute atomic E-state index is 0.171. The highest BCUT2D eigenvalue weighted by atomic mass is 14.6. The van der Waals surface area contributed by atoms with Gasteiger partial charge in [0.05, 0.1) is 5.41 Å². The molecule has 2 N–H and O–H groups in total. The fourth-order valence-corrected chi connectivity index (χ4v) is 6.48. The van der Waals surface area contributed by atoms with E-state index in [-0.39, 0.29) is 16.7 Å². The van der Waals surface area contributed by atoms with Gasteiger partial charge in [-0.1, -0.05) is 122 Å². The van der Waals surface area contributed by atoms with Crippen molar-refractivity contribution >= 4 is 5.69 Å². The van der Waals surface area contributed by atoms with Gasteiger partial charge in [-0.3, -0.25) is 0 Å². The van der Waals surface area contributed by atoms with Crippen LogP contribution >= 0.6 is 0 Å². The largest absolute Gasteiger partial charge is 0.399 e. The number of hydrogen-bond acceptors (Lipinski definition) is 1. The number of nitrogens with two attached hydrogens (primary N) is 1. The van der Waals surface area contributed by atoms with Crippen LogP contribution in [-0.4, -0.2) is 0 Å². The van der Waals surface area contributed by atoms with E-state index >= 15 is 0 Å². The molecule has 0 fully saturated rings. The minimum Gasteiger partial charge on any atom is -0.399 e. The van der Waals surface area contributed by atoms with E-state index in [9.17, 15) is 0 Å². The normalized spacial score (nSPS) is 22.0. The number of anilines is 1. The van der Waals surface area contributed by atoms with Crippen molar-refractivity contribution in [1.82, 2.24) is 0 Å². The molecule has 2 aliphatic carbocycles. The average molecular weight is 440 g/mol. The standard InChI is InChI=1S/C33H29N/c1-32-23-25(21-24-11-5-2-6-12-24)17-20-31(32)33(26-13-7-3-8-14-26,27-15-9-4-10-16-27)29-19-18-28(34)22-30(29)32/h2-20,22-23,31H,21,34H2,1H3. The first kappa shape index (κ1) is 20.7. The number of rotatable bonds is 4. The van der Waals surface area contributed by atoms with Gasteiger partial charge in [-0.2, -0.15) is 0 Å². The van der Waals surface area contributed by atoms with Crippen molar-refractivity contribution in [1.29, 1.82) is 0 Å². The molecule has 0 saturated carbocycles. The molecule has 0 aromatic heterocycles. The molecule has 1 heteroatoms. The highest BCUT2D eigenvalue weighted by Crippen LogP contribution is 2.62. The number of benzene rings is 4. The van der Waals surface area contributed by atoms with Crippen LogP contribution in [0, 0.1) is 5.92 Å². The Morgan fingerprint density at radius 3 is 1.91 bits per heavy atom. The third-order valence-corrected chi connectivity index (χ3v) is 7.86. The van der Waals surface area contributed by atoms with Gasteiger partial charge in [0, 0.05) is 17.0 Å². The van der Waals surface area contributed by atoms with Crippen molar-refractivity contribution in [3.8, 4) is 0 Å². The molecular weight excluding hydrogens is 410 g/mol. The van der Waals surface area contributed by atoms with Crippen LogP contribution in [0.4, 0.5) is 5.69 Å². The van der Waals surface area contributed by atoms with Crippen molar-refractivity contribution in [2.24, 2.45) is 5.92 Å². The predicted molar refractivity (Wildman–Crippen MR) is 142 cm³/mol. The van der Waals surface area contributed by atoms with Gasteiger partial charge < -0.3 is 5.73 Å². The maximum atomic E-state index is 6.40. The van der Waals surface area contributed by atoms with Crippen molar-refractivity contribution < 1.29 is 0 Å². The Balaban J connectivity index is 1.61. The molecule has 1 nitrogen and oxygen atoms in total. The monoisotopic (exact) mass is 439 g/mol. The molecule has 6 rings (SSSR count). The van der Waals surface area contributed by atoms with Crippen molar-refractivity contribution in [3.63, 3.8) is 0 Å². The summed E-state index contributed by atoms with van der Waals surface area (Å²) < 4.78 is 0. The molecule has 34 heavy (non-hydrogen) atoms. The summed E-state index contributed by atoms with van der Waals surface area (Å²) >= 11 is 0. The smallest absolute Gasteiger partial charge is 0.0528 e. The lowest BCUT2D eigenvalue weighted by Crippen LogP contribution is -2.40. The second kappa shape index (κ2) is 7.88. The fraction of sp³-hybridized carbons (Fsp3) is 0.152. The lowest BCUT2D eigenvalue weighted by Gasteiger charge is -2.42. The first-order valence-electron chi connectivity index (χ1n) is 12.1. The van der Waals surface area contributed by atoms with Crippen molar-refractivity contribution in [3.05, 3.63) is 161 Å². The van der Waals surface area contributed by atoms with Gasteiger partial charge in [0.2, 0.25) is 0 Å². The van der Waals surface area contributed by atoms with Gasteiger partial charge in [-0.25, -0.2) is 0 Å². The van der Waals surface area contributed by atoms with Gasteiger partial charge in [0.25, 0.3) is 0 Å². The zero-order valence-corrected chi connectivity index (χ0v) is 19.5. The Hall–Kier alpha value is -3.84. The average Bonchev–Trinajstić information content (AvgIpc) is 3.10. The van der Waals surface area contributed by atoms with Gasteiger partial charge in [-0.15, -0.1) is 0 Å². The van der Waals surface area contributed by atoms with E-state index in [4.69, 9.17) is 5.73 Å². The quantitative estimate of drug-likeness (QED) is 0.334. The highest BCUT2D eigenvalue weighted by molar-refractivity contribution is 5.67. The first-order chi connectivity index (χ1) is 16.6. The Morgan fingerprint density at radius 2 is 1.29 bits per heavy atom. The minimum atomic E-state index is -0.286. The summed E-state index contributed by atoms with van der Waals surface area (Å²) in [6, 6.07) is 39.3. The zero-order valence-electron chi connectivity index (χ0n) is 19.5. The highest BCUT2D eigenvalue weighted by Gasteiger charge is 2.58. The van der Waals surface area contributed by atoms with Gasteiger partial charge in [0.1, 0.15) is 0 Å². The number of nitrogen functional groups attached to an aromatic ring is 1. The molecule has 0 amide bonds. The van der Waals surface area contributed by atoms with Crippen molar-refractivity contribution in [2.45, 2.75) is 24.2 Å². The van der Waals surface area contributed by atoms with E-state index in [2.05, 4.69) is 134 Å². The SMILES string of the molecule is CC12C=C(Cc3ccccc3)C=CC1C(c1ccccc1)(c1ccccc1)c1ccc(N)cc12. The van der Waals surface area contributed by atoms with Crippen molar-refractivity contribution in [2.75, 3.05) is 5.73 Å². The third kappa shape index (κ3) is 3.00. The summed E-state index contributed by atoms with van der Waals surface area (Å²) in [6.45, 7) is 2.40. The molecule has 0 spiro atoms. The molecule has 0 saturated heterocycles. The van der Waals surface area contributed by atoms with E-state index in [1.54, 1.807) is 0 Å². The number of fused-ring (bicyclic) bond motifs is 3. The van der Waals surface area contributed by atoms with Gasteiger partial charge >= 0.3 is 0 Å². The summed E-state index contributed by atoms with van der Waals surface area (Å²) in [7, 11) is 0. The molecule has 0 aliphatic heterocycles. The summed E-state index contributed by atoms with van der Waals surface area (Å²) in [5.41, 5.74) is 14.8. The molecule has 166 valence electrons. The van der Waals surface area contributed by atoms with E-state index in [1.165, 1.54) is 33.4 Å². The Labute approximate surface area is 202 Å². The van der Waals surface area contributed by atoms with Crippen LogP contribution in [0.2, 0.25) is 0 Å². The van der Waals surface area contributed by atoms with Gasteiger partial charge in [0.15, 0.2) is 0 Å². The van der Waals surface area contributed by atoms with Crippen LogP contribution in [0.3, 0.4) is 0 Å². The Bertz CT molecular complexity index is 1340. The third-order valence-electron chi connectivity index (χ3n) is 7.86. The zero-order chi connectivity index (χ0) is 23.2. The summed E-state index contributed by atoms with van der Waals surface area (Å²) in [4.78, 5) is 0. The first-order valence-corrected chi connectivity index (χ1v) is 12.1. The van der Waals surface area contributed by atoms with Crippen LogP contribution in [0.15, 0.2) is 133 Å². The van der Waals surface area contributed by atoms with E-state index in [0.717, 1.165) is 12.1 Å². The fourth-order valence-electron chi connectivity index (χ4n) is 6.48. The molecule has 2 unspecified atom stereocenters. The number of allylic oxidation sites excluding steroid dienone is 4. The van der Waals surface area contributed by atoms with Crippen LogP contribution in [-0.2, 0) is 17.3 Å². The van der Waals surface area contributed by atoms with E-state index < -0.39 is 0 Å². The van der Waals surface area contributed by atoms with Crippen LogP contribution in [0.25, 0.3) is 0 Å². The second-order valence-electron chi connectivity index (χ2n) is 9.85. The van der Waals surface area contributed by atoms with Crippen LogP contribution < -0.4 is 5.73 Å². The molecule has 0 radical (unpaired) electrons. The molecule has 4 aromatic carbocycles. The Morgan fingerprint density at radius 1 is 0.706 bits per heavy atom. The van der Waals surface area contributed by atoms with Gasteiger partial charge in [-0.05, 0) is 51.9 Å². The molecule has 0 bridgehead atoms. The predicted octanol–water partition coefficient (Wildman–Crippen LogP) is 7.23. The van der Waals surface area contributed by atoms with E-state index in [1.807, 2.05) is 0 Å². The van der Waals surface area contributed by atoms with Crippen LogP contribution in [0.5, 0.6) is 0 Å². The summed E-state index contributed by atoms with van der Waals surface area (Å²) in [5.74, 6) is 0.237. The molecule has 0 heterocycles. The maximum Gasteiger partial charge on any atom is 0.0528 e. The maximum absolute atomic E-state index is 6.40. The molecule has 2 aliphatic rings. The second-order valence-corrected chi connectivity index (χ2v) is 9.85.